The molecule has 0 aliphatic carbocycles. The quantitative estimate of drug-likeness (QED) is 0.685. The standard InChI is InChI=1S/C19H18N4O2/c1-20-18(24)12-8-9-16-14(10-12)17(15(11-22-16)19(25)21-2)23-13-6-4-3-5-7-13/h3-11H,1-2H3,(H,20,24)(H,21,25)(H,22,23). The van der Waals surface area contributed by atoms with Gasteiger partial charge in [0.1, 0.15) is 0 Å². The molecule has 0 spiro atoms. The van der Waals surface area contributed by atoms with Gasteiger partial charge < -0.3 is 16.0 Å². The van der Waals surface area contributed by atoms with E-state index >= 15 is 0 Å². The largest absolute Gasteiger partial charge is 0.355 e. The molecule has 3 rings (SSSR count). The van der Waals surface area contributed by atoms with E-state index in [1.807, 2.05) is 30.3 Å². The molecule has 0 radical (unpaired) electrons. The summed E-state index contributed by atoms with van der Waals surface area (Å²) in [6.45, 7) is 0. The number of para-hydroxylation sites is 1. The van der Waals surface area contributed by atoms with Gasteiger partial charge in [-0.1, -0.05) is 18.2 Å². The molecule has 2 amide bonds. The smallest absolute Gasteiger partial charge is 0.254 e. The van der Waals surface area contributed by atoms with Gasteiger partial charge in [0, 0.05) is 36.9 Å². The molecule has 0 atom stereocenters. The van der Waals surface area contributed by atoms with Gasteiger partial charge in [-0.05, 0) is 30.3 Å². The number of pyridine rings is 1. The van der Waals surface area contributed by atoms with Gasteiger partial charge in [0.05, 0.1) is 16.8 Å². The molecule has 0 saturated carbocycles. The van der Waals surface area contributed by atoms with Crippen molar-refractivity contribution in [1.82, 2.24) is 15.6 Å². The fraction of sp³-hybridized carbons (Fsp3) is 0.105. The van der Waals surface area contributed by atoms with Gasteiger partial charge in [0.2, 0.25) is 0 Å². The van der Waals surface area contributed by atoms with Gasteiger partial charge >= 0.3 is 0 Å². The molecule has 0 saturated heterocycles. The Morgan fingerprint density at radius 3 is 2.32 bits per heavy atom. The first kappa shape index (κ1) is 16.4. The van der Waals surface area contributed by atoms with Crippen molar-refractivity contribution in [3.05, 3.63) is 65.9 Å². The van der Waals surface area contributed by atoms with E-state index in [4.69, 9.17) is 0 Å². The number of aromatic nitrogens is 1. The predicted molar refractivity (Wildman–Crippen MR) is 98.2 cm³/mol. The summed E-state index contributed by atoms with van der Waals surface area (Å²) in [5.74, 6) is -0.448. The van der Waals surface area contributed by atoms with Crippen molar-refractivity contribution in [3.63, 3.8) is 0 Å². The lowest BCUT2D eigenvalue weighted by atomic mass is 10.0. The van der Waals surface area contributed by atoms with Crippen LogP contribution in [0, 0.1) is 0 Å². The Labute approximate surface area is 145 Å². The second-order valence-electron chi connectivity index (χ2n) is 5.43. The monoisotopic (exact) mass is 334 g/mol. The highest BCUT2D eigenvalue weighted by atomic mass is 16.2. The van der Waals surface area contributed by atoms with Crippen molar-refractivity contribution in [3.8, 4) is 0 Å². The van der Waals surface area contributed by atoms with Crippen LogP contribution in [0.2, 0.25) is 0 Å². The molecule has 3 aromatic rings. The number of anilines is 2. The number of carbonyl (C=O) groups is 2. The first-order valence-electron chi connectivity index (χ1n) is 7.83. The third-order valence-electron chi connectivity index (χ3n) is 3.87. The molecule has 6 heteroatoms. The number of nitrogens with one attached hydrogen (secondary N) is 3. The van der Waals surface area contributed by atoms with E-state index in [0.717, 1.165) is 5.69 Å². The fourth-order valence-electron chi connectivity index (χ4n) is 2.59. The van der Waals surface area contributed by atoms with Gasteiger partial charge in [0.15, 0.2) is 0 Å². The van der Waals surface area contributed by atoms with Crippen LogP contribution in [0.5, 0.6) is 0 Å². The Kier molecular flexibility index (Phi) is 4.61. The molecule has 0 aliphatic heterocycles. The normalized spacial score (nSPS) is 10.3. The van der Waals surface area contributed by atoms with Crippen LogP contribution in [0.15, 0.2) is 54.7 Å². The molecule has 3 N–H and O–H groups in total. The summed E-state index contributed by atoms with van der Waals surface area (Å²) in [7, 11) is 3.15. The highest BCUT2D eigenvalue weighted by Crippen LogP contribution is 2.30. The second kappa shape index (κ2) is 7.00. The zero-order valence-corrected chi connectivity index (χ0v) is 14.0. The summed E-state index contributed by atoms with van der Waals surface area (Å²) >= 11 is 0. The Balaban J connectivity index is 2.22. The van der Waals surface area contributed by atoms with Crippen LogP contribution in [0.25, 0.3) is 10.9 Å². The molecular formula is C19H18N4O2. The van der Waals surface area contributed by atoms with E-state index in [9.17, 15) is 9.59 Å². The molecule has 0 aliphatic rings. The molecule has 1 aromatic heterocycles. The van der Waals surface area contributed by atoms with E-state index in [1.165, 1.54) is 6.20 Å². The van der Waals surface area contributed by atoms with Crippen LogP contribution < -0.4 is 16.0 Å². The van der Waals surface area contributed by atoms with Crippen LogP contribution in [-0.4, -0.2) is 30.9 Å². The highest BCUT2D eigenvalue weighted by molar-refractivity contribution is 6.09. The molecule has 1 heterocycles. The highest BCUT2D eigenvalue weighted by Gasteiger charge is 2.16. The Morgan fingerprint density at radius 2 is 1.64 bits per heavy atom. The van der Waals surface area contributed by atoms with E-state index in [1.54, 1.807) is 32.3 Å². The Morgan fingerprint density at radius 1 is 0.920 bits per heavy atom. The summed E-state index contributed by atoms with van der Waals surface area (Å²) in [6, 6.07) is 14.7. The van der Waals surface area contributed by atoms with Crippen molar-refractivity contribution in [1.29, 1.82) is 0 Å². The first-order chi connectivity index (χ1) is 12.1. The molecular weight excluding hydrogens is 316 g/mol. The molecule has 126 valence electrons. The van der Waals surface area contributed by atoms with Crippen molar-refractivity contribution < 1.29 is 9.59 Å². The predicted octanol–water partition coefficient (Wildman–Crippen LogP) is 2.70. The number of benzene rings is 2. The topological polar surface area (TPSA) is 83.1 Å². The molecule has 25 heavy (non-hydrogen) atoms. The molecule has 6 nitrogen and oxygen atoms in total. The maximum Gasteiger partial charge on any atom is 0.254 e. The van der Waals surface area contributed by atoms with Gasteiger partial charge in [-0.2, -0.15) is 0 Å². The number of amides is 2. The van der Waals surface area contributed by atoms with Crippen molar-refractivity contribution >= 4 is 34.1 Å². The zero-order chi connectivity index (χ0) is 17.8. The number of carbonyl (C=O) groups excluding carboxylic acids is 2. The zero-order valence-electron chi connectivity index (χ0n) is 14.0. The van der Waals surface area contributed by atoms with Crippen molar-refractivity contribution in [2.45, 2.75) is 0 Å². The summed E-state index contributed by atoms with van der Waals surface area (Å²) < 4.78 is 0. The summed E-state index contributed by atoms with van der Waals surface area (Å²) in [5.41, 5.74) is 3.06. The lowest BCUT2D eigenvalue weighted by Crippen LogP contribution is -2.20. The minimum absolute atomic E-state index is 0.196. The number of hydrogen-bond donors (Lipinski definition) is 3. The van der Waals surface area contributed by atoms with E-state index in [0.29, 0.717) is 27.7 Å². The lowest BCUT2D eigenvalue weighted by Gasteiger charge is -2.14. The fourth-order valence-corrected chi connectivity index (χ4v) is 2.59. The van der Waals surface area contributed by atoms with E-state index in [2.05, 4.69) is 20.9 Å². The number of rotatable bonds is 4. The first-order valence-corrected chi connectivity index (χ1v) is 7.83. The average molecular weight is 334 g/mol. The van der Waals surface area contributed by atoms with Crippen LogP contribution in [-0.2, 0) is 0 Å². The summed E-state index contributed by atoms with van der Waals surface area (Å²) in [4.78, 5) is 28.6. The third-order valence-corrected chi connectivity index (χ3v) is 3.87. The maximum atomic E-state index is 12.3. The van der Waals surface area contributed by atoms with Gasteiger partial charge in [0.25, 0.3) is 11.8 Å². The van der Waals surface area contributed by atoms with Crippen LogP contribution in [0.4, 0.5) is 11.4 Å². The minimum Gasteiger partial charge on any atom is -0.355 e. The van der Waals surface area contributed by atoms with Crippen molar-refractivity contribution in [2.75, 3.05) is 19.4 Å². The Hall–Kier alpha value is -3.41. The number of fused-ring (bicyclic) bond motifs is 1. The van der Waals surface area contributed by atoms with E-state index in [-0.39, 0.29) is 11.8 Å². The van der Waals surface area contributed by atoms with Gasteiger partial charge in [-0.3, -0.25) is 14.6 Å². The molecule has 2 aromatic carbocycles. The number of nitrogens with zero attached hydrogens (tertiary/aromatic N) is 1. The van der Waals surface area contributed by atoms with Crippen LogP contribution in [0.3, 0.4) is 0 Å². The second-order valence-corrected chi connectivity index (χ2v) is 5.43. The van der Waals surface area contributed by atoms with Gasteiger partial charge in [-0.15, -0.1) is 0 Å². The maximum absolute atomic E-state index is 12.3. The van der Waals surface area contributed by atoms with Crippen LogP contribution >= 0.6 is 0 Å². The minimum atomic E-state index is -0.252. The van der Waals surface area contributed by atoms with Crippen LogP contribution in [0.1, 0.15) is 20.7 Å². The summed E-state index contributed by atoms with van der Waals surface area (Å²) in [6.07, 6.45) is 1.53. The molecule has 0 bridgehead atoms. The number of hydrogen-bond acceptors (Lipinski definition) is 4. The molecule has 0 fully saturated rings. The SMILES string of the molecule is CNC(=O)c1ccc2ncc(C(=O)NC)c(Nc3ccccc3)c2c1. The average Bonchev–Trinajstić information content (AvgIpc) is 2.67. The Bertz CT molecular complexity index is 934. The third kappa shape index (κ3) is 3.28. The van der Waals surface area contributed by atoms with E-state index < -0.39 is 0 Å². The lowest BCUT2D eigenvalue weighted by molar-refractivity contribution is 0.0956. The molecule has 0 unspecified atom stereocenters. The summed E-state index contributed by atoms with van der Waals surface area (Å²) in [5, 5.41) is 9.21. The van der Waals surface area contributed by atoms with Crippen molar-refractivity contribution in [2.24, 2.45) is 0 Å². The van der Waals surface area contributed by atoms with Gasteiger partial charge in [-0.25, -0.2) is 0 Å².